The largest absolute Gasteiger partial charge is 0.416 e. The fraction of sp³-hybridized carbons (Fsp3) is 0.682. The van der Waals surface area contributed by atoms with Gasteiger partial charge in [-0.25, -0.2) is 4.98 Å². The summed E-state index contributed by atoms with van der Waals surface area (Å²) >= 11 is 0. The van der Waals surface area contributed by atoms with Crippen molar-refractivity contribution < 1.29 is 13.2 Å². The lowest BCUT2D eigenvalue weighted by Crippen LogP contribution is -2.28. The molecule has 1 heterocycles. The Morgan fingerprint density at radius 2 is 1.61 bits per heavy atom. The van der Waals surface area contributed by atoms with Crippen LogP contribution in [0.5, 0.6) is 0 Å². The summed E-state index contributed by atoms with van der Waals surface area (Å²) in [6, 6.07) is 3.91. The Bertz CT molecular complexity index is 726. The van der Waals surface area contributed by atoms with Crippen LogP contribution >= 0.6 is 0 Å². The molecule has 0 aliphatic rings. The molecule has 6 heteroatoms. The van der Waals surface area contributed by atoms with E-state index in [9.17, 15) is 13.2 Å². The summed E-state index contributed by atoms with van der Waals surface area (Å²) in [5.74, 6) is 1.03. The number of hydrogen-bond acceptors (Lipinski definition) is 2. The zero-order valence-corrected chi connectivity index (χ0v) is 17.6. The number of aromatic nitrogens is 2. The summed E-state index contributed by atoms with van der Waals surface area (Å²) in [7, 11) is 0. The number of unbranched alkanes of at least 4 members (excludes halogenated alkanes) is 2. The Morgan fingerprint density at radius 3 is 2.14 bits per heavy atom. The molecule has 158 valence electrons. The SMILES string of the molecule is CCCCN(CCCC)CCCn1c(C(C)C)nc2cc(C(F)(F)F)ccc21. The zero-order valence-electron chi connectivity index (χ0n) is 17.6. The highest BCUT2D eigenvalue weighted by molar-refractivity contribution is 5.77. The van der Waals surface area contributed by atoms with Crippen molar-refractivity contribution in [3.63, 3.8) is 0 Å². The minimum absolute atomic E-state index is 0.165. The molecule has 28 heavy (non-hydrogen) atoms. The third-order valence-corrected chi connectivity index (χ3v) is 5.13. The lowest BCUT2D eigenvalue weighted by Gasteiger charge is -2.22. The average molecular weight is 398 g/mol. The maximum Gasteiger partial charge on any atom is 0.416 e. The number of benzene rings is 1. The standard InChI is InChI=1S/C22H34F3N3/c1-5-7-12-27(13-8-6-2)14-9-15-28-20-11-10-18(22(23,24)25)16-19(20)26-21(28)17(3)4/h10-11,16-17H,5-9,12-15H2,1-4H3. The van der Waals surface area contributed by atoms with Crippen molar-refractivity contribution in [2.75, 3.05) is 19.6 Å². The van der Waals surface area contributed by atoms with Gasteiger partial charge in [0.15, 0.2) is 0 Å². The quantitative estimate of drug-likeness (QED) is 0.433. The van der Waals surface area contributed by atoms with Crippen molar-refractivity contribution in [2.45, 2.75) is 78.4 Å². The van der Waals surface area contributed by atoms with Crippen LogP contribution < -0.4 is 0 Å². The molecule has 2 rings (SSSR count). The number of imidazole rings is 1. The summed E-state index contributed by atoms with van der Waals surface area (Å²) in [6.07, 6.45) is 1.42. The van der Waals surface area contributed by atoms with E-state index in [1.165, 1.54) is 37.8 Å². The van der Waals surface area contributed by atoms with Crippen LogP contribution in [0.4, 0.5) is 13.2 Å². The van der Waals surface area contributed by atoms with Crippen molar-refractivity contribution in [3.8, 4) is 0 Å². The predicted octanol–water partition coefficient (Wildman–Crippen LogP) is 6.47. The number of hydrogen-bond donors (Lipinski definition) is 0. The molecule has 0 unspecified atom stereocenters. The topological polar surface area (TPSA) is 21.1 Å². The van der Waals surface area contributed by atoms with Crippen molar-refractivity contribution in [1.82, 2.24) is 14.5 Å². The maximum atomic E-state index is 13.0. The Morgan fingerprint density at radius 1 is 1.00 bits per heavy atom. The van der Waals surface area contributed by atoms with Crippen molar-refractivity contribution in [2.24, 2.45) is 0 Å². The number of halogens is 3. The highest BCUT2D eigenvalue weighted by Gasteiger charge is 2.31. The number of alkyl halides is 3. The van der Waals surface area contributed by atoms with Crippen LogP contribution in [0, 0.1) is 0 Å². The molecule has 3 nitrogen and oxygen atoms in total. The van der Waals surface area contributed by atoms with Gasteiger partial charge in [0.25, 0.3) is 0 Å². The second-order valence-electron chi connectivity index (χ2n) is 7.88. The molecular formula is C22H34F3N3. The van der Waals surface area contributed by atoms with Crippen LogP contribution in [0.1, 0.15) is 77.1 Å². The minimum atomic E-state index is -4.34. The third kappa shape index (κ3) is 5.97. The van der Waals surface area contributed by atoms with Gasteiger partial charge in [-0.05, 0) is 57.1 Å². The molecule has 0 atom stereocenters. The van der Waals surface area contributed by atoms with Gasteiger partial charge >= 0.3 is 6.18 Å². The van der Waals surface area contributed by atoms with Crippen molar-refractivity contribution >= 4 is 11.0 Å². The van der Waals surface area contributed by atoms with Crippen LogP contribution in [-0.4, -0.2) is 34.1 Å². The highest BCUT2D eigenvalue weighted by atomic mass is 19.4. The Kier molecular flexibility index (Phi) is 8.35. The van der Waals surface area contributed by atoms with E-state index < -0.39 is 11.7 Å². The summed E-state index contributed by atoms with van der Waals surface area (Å²) in [5, 5.41) is 0. The summed E-state index contributed by atoms with van der Waals surface area (Å²) in [4.78, 5) is 7.05. The first-order valence-electron chi connectivity index (χ1n) is 10.6. The number of rotatable bonds is 11. The molecule has 0 amide bonds. The second-order valence-corrected chi connectivity index (χ2v) is 7.88. The van der Waals surface area contributed by atoms with E-state index in [0.717, 1.165) is 43.9 Å². The highest BCUT2D eigenvalue weighted by Crippen LogP contribution is 2.32. The predicted molar refractivity (Wildman–Crippen MR) is 110 cm³/mol. The molecule has 0 bridgehead atoms. The molecule has 2 aromatic rings. The van der Waals surface area contributed by atoms with Crippen LogP contribution in [-0.2, 0) is 12.7 Å². The summed E-state index contributed by atoms with van der Waals surface area (Å²) < 4.78 is 41.2. The Labute approximate surface area is 166 Å². The van der Waals surface area contributed by atoms with E-state index in [4.69, 9.17) is 0 Å². The van der Waals surface area contributed by atoms with Crippen LogP contribution in [0.3, 0.4) is 0 Å². The van der Waals surface area contributed by atoms with Gasteiger partial charge in [-0.2, -0.15) is 13.2 Å². The molecule has 0 radical (unpaired) electrons. The monoisotopic (exact) mass is 397 g/mol. The van der Waals surface area contributed by atoms with E-state index in [1.54, 1.807) is 6.07 Å². The van der Waals surface area contributed by atoms with Crippen LogP contribution in [0.25, 0.3) is 11.0 Å². The van der Waals surface area contributed by atoms with E-state index in [2.05, 4.69) is 28.3 Å². The fourth-order valence-electron chi connectivity index (χ4n) is 3.55. The molecule has 1 aromatic carbocycles. The summed E-state index contributed by atoms with van der Waals surface area (Å²) in [6.45, 7) is 12.5. The van der Waals surface area contributed by atoms with E-state index in [-0.39, 0.29) is 5.92 Å². The molecule has 1 aromatic heterocycles. The van der Waals surface area contributed by atoms with Gasteiger partial charge in [0, 0.05) is 12.5 Å². The molecule has 0 saturated carbocycles. The first-order valence-corrected chi connectivity index (χ1v) is 10.6. The fourth-order valence-corrected chi connectivity index (χ4v) is 3.55. The van der Waals surface area contributed by atoms with Gasteiger partial charge in [-0.3, -0.25) is 0 Å². The van der Waals surface area contributed by atoms with Crippen molar-refractivity contribution in [3.05, 3.63) is 29.6 Å². The second kappa shape index (κ2) is 10.3. The van der Waals surface area contributed by atoms with Gasteiger partial charge in [-0.1, -0.05) is 40.5 Å². The smallest absolute Gasteiger partial charge is 0.328 e. The summed E-state index contributed by atoms with van der Waals surface area (Å²) in [5.41, 5.74) is 0.600. The number of fused-ring (bicyclic) bond motifs is 1. The van der Waals surface area contributed by atoms with Crippen LogP contribution in [0.15, 0.2) is 18.2 Å². The first-order chi connectivity index (χ1) is 13.3. The third-order valence-electron chi connectivity index (χ3n) is 5.13. The van der Waals surface area contributed by atoms with E-state index >= 15 is 0 Å². The zero-order chi connectivity index (χ0) is 20.7. The lowest BCUT2D eigenvalue weighted by molar-refractivity contribution is -0.137. The van der Waals surface area contributed by atoms with E-state index in [0.29, 0.717) is 5.52 Å². The maximum absolute atomic E-state index is 13.0. The molecule has 0 N–H and O–H groups in total. The molecule has 0 saturated heterocycles. The number of aryl methyl sites for hydroxylation is 1. The minimum Gasteiger partial charge on any atom is -0.328 e. The van der Waals surface area contributed by atoms with E-state index in [1.807, 2.05) is 13.8 Å². The van der Waals surface area contributed by atoms with Gasteiger partial charge in [0.1, 0.15) is 5.82 Å². The Hall–Kier alpha value is -1.56. The normalized spacial score (nSPS) is 12.6. The average Bonchev–Trinajstić information content (AvgIpc) is 3.01. The molecule has 0 fully saturated rings. The lowest BCUT2D eigenvalue weighted by atomic mass is 10.2. The molecule has 0 aliphatic carbocycles. The van der Waals surface area contributed by atoms with Gasteiger partial charge in [0.05, 0.1) is 16.6 Å². The molecule has 0 spiro atoms. The number of nitrogens with zero attached hydrogens (tertiary/aromatic N) is 3. The van der Waals surface area contributed by atoms with Crippen molar-refractivity contribution in [1.29, 1.82) is 0 Å². The molecule has 0 aliphatic heterocycles. The van der Waals surface area contributed by atoms with Gasteiger partial charge < -0.3 is 9.47 Å². The first kappa shape index (κ1) is 22.7. The van der Waals surface area contributed by atoms with Crippen LogP contribution in [0.2, 0.25) is 0 Å². The van der Waals surface area contributed by atoms with Gasteiger partial charge in [-0.15, -0.1) is 0 Å². The van der Waals surface area contributed by atoms with Gasteiger partial charge in [0.2, 0.25) is 0 Å². The Balaban J connectivity index is 2.16. The molecular weight excluding hydrogens is 363 g/mol.